The van der Waals surface area contributed by atoms with E-state index in [1.165, 1.54) is 29.1 Å². The van der Waals surface area contributed by atoms with Crippen molar-refractivity contribution in [2.45, 2.75) is 32.5 Å². The van der Waals surface area contributed by atoms with Gasteiger partial charge in [0.1, 0.15) is 6.54 Å². The van der Waals surface area contributed by atoms with Crippen LogP contribution in [-0.2, 0) is 28.7 Å². The number of hydrogen-bond donors (Lipinski definition) is 2. The highest BCUT2D eigenvalue weighted by atomic mass is 19.4. The molecular formula is C17H18F3N3O3. The van der Waals surface area contributed by atoms with Gasteiger partial charge in [-0.2, -0.15) is 18.3 Å². The minimum Gasteiger partial charge on any atom is -0.480 e. The minimum absolute atomic E-state index is 0.224. The summed E-state index contributed by atoms with van der Waals surface area (Å²) < 4.78 is 38.9. The van der Waals surface area contributed by atoms with Gasteiger partial charge >= 0.3 is 12.1 Å². The summed E-state index contributed by atoms with van der Waals surface area (Å²) in [5, 5.41) is 15.2. The molecular weight excluding hydrogens is 351 g/mol. The molecule has 140 valence electrons. The molecule has 0 saturated heterocycles. The Morgan fingerprint density at radius 1 is 1.23 bits per heavy atom. The van der Waals surface area contributed by atoms with E-state index in [-0.39, 0.29) is 24.7 Å². The number of aliphatic carboxylic acids is 1. The maximum absolute atomic E-state index is 12.6. The van der Waals surface area contributed by atoms with E-state index in [9.17, 15) is 22.8 Å². The summed E-state index contributed by atoms with van der Waals surface area (Å²) in [4.78, 5) is 23.0. The summed E-state index contributed by atoms with van der Waals surface area (Å²) >= 11 is 0. The van der Waals surface area contributed by atoms with E-state index in [1.54, 1.807) is 6.92 Å². The zero-order valence-electron chi connectivity index (χ0n) is 14.0. The summed E-state index contributed by atoms with van der Waals surface area (Å²) in [6.45, 7) is 1.48. The molecule has 1 atom stereocenters. The maximum atomic E-state index is 12.6. The van der Waals surface area contributed by atoms with E-state index in [2.05, 4.69) is 10.4 Å². The van der Waals surface area contributed by atoms with Crippen LogP contribution >= 0.6 is 0 Å². The lowest BCUT2D eigenvalue weighted by Crippen LogP contribution is -2.24. The van der Waals surface area contributed by atoms with E-state index in [0.29, 0.717) is 12.0 Å². The van der Waals surface area contributed by atoms with Crippen molar-refractivity contribution >= 4 is 17.7 Å². The molecule has 9 heteroatoms. The number of amides is 1. The summed E-state index contributed by atoms with van der Waals surface area (Å²) in [6.07, 6.45) is -2.19. The van der Waals surface area contributed by atoms with Gasteiger partial charge in [0.2, 0.25) is 5.91 Å². The number of nitrogens with zero attached hydrogens (tertiary/aromatic N) is 2. The number of benzene rings is 1. The Morgan fingerprint density at radius 2 is 1.88 bits per heavy atom. The number of halogens is 3. The van der Waals surface area contributed by atoms with Gasteiger partial charge in [-0.1, -0.05) is 19.1 Å². The fourth-order valence-electron chi connectivity index (χ4n) is 2.42. The van der Waals surface area contributed by atoms with Gasteiger partial charge in [-0.05, 0) is 30.5 Å². The van der Waals surface area contributed by atoms with Crippen LogP contribution in [0.15, 0.2) is 36.5 Å². The second kappa shape index (κ2) is 8.03. The van der Waals surface area contributed by atoms with Crippen LogP contribution in [0.3, 0.4) is 0 Å². The molecule has 2 N–H and O–H groups in total. The third-order valence-corrected chi connectivity index (χ3v) is 3.82. The quantitative estimate of drug-likeness (QED) is 0.785. The lowest BCUT2D eigenvalue weighted by molar-refractivity contribution is -0.138. The molecule has 1 aromatic carbocycles. The predicted molar refractivity (Wildman–Crippen MR) is 87.4 cm³/mol. The molecule has 0 aliphatic carbocycles. The third kappa shape index (κ3) is 5.33. The predicted octanol–water partition coefficient (Wildman–Crippen LogP) is 3.19. The molecule has 6 nitrogen and oxygen atoms in total. The number of anilines is 1. The number of carboxylic acid groups (broad SMARTS) is 1. The average Bonchev–Trinajstić information content (AvgIpc) is 2.98. The van der Waals surface area contributed by atoms with Crippen molar-refractivity contribution in [2.75, 3.05) is 5.32 Å². The van der Waals surface area contributed by atoms with Crippen molar-refractivity contribution in [1.29, 1.82) is 0 Å². The molecule has 0 aliphatic rings. The fourth-order valence-corrected chi connectivity index (χ4v) is 2.42. The van der Waals surface area contributed by atoms with Crippen LogP contribution < -0.4 is 5.32 Å². The number of carbonyl (C=O) groups is 2. The largest absolute Gasteiger partial charge is 0.480 e. The Balaban J connectivity index is 2.00. The molecule has 0 aliphatic heterocycles. The van der Waals surface area contributed by atoms with Crippen molar-refractivity contribution in [3.63, 3.8) is 0 Å². The number of hydrogen-bond acceptors (Lipinski definition) is 3. The molecule has 2 aromatic rings. The van der Waals surface area contributed by atoms with Crippen LogP contribution in [-0.4, -0.2) is 26.8 Å². The number of carbonyl (C=O) groups excluding carboxylic acids is 1. The van der Waals surface area contributed by atoms with Gasteiger partial charge in [0.05, 0.1) is 5.56 Å². The van der Waals surface area contributed by atoms with Crippen molar-refractivity contribution < 1.29 is 27.9 Å². The highest BCUT2D eigenvalue weighted by molar-refractivity contribution is 5.91. The molecule has 2 rings (SSSR count). The van der Waals surface area contributed by atoms with E-state index < -0.39 is 23.6 Å². The number of aromatic nitrogens is 2. The summed E-state index contributed by atoms with van der Waals surface area (Å²) in [5.74, 6) is -1.61. The van der Waals surface area contributed by atoms with Gasteiger partial charge in [-0.15, -0.1) is 0 Å². The molecule has 1 unspecified atom stereocenters. The smallest absolute Gasteiger partial charge is 0.416 e. The molecule has 0 fully saturated rings. The lowest BCUT2D eigenvalue weighted by atomic mass is 9.95. The van der Waals surface area contributed by atoms with Crippen LogP contribution in [0.5, 0.6) is 0 Å². The Labute approximate surface area is 147 Å². The van der Waals surface area contributed by atoms with Crippen molar-refractivity contribution in [3.8, 4) is 0 Å². The maximum Gasteiger partial charge on any atom is 0.416 e. The molecule has 0 radical (unpaired) electrons. The van der Waals surface area contributed by atoms with Crippen LogP contribution in [0.1, 0.15) is 24.5 Å². The summed E-state index contributed by atoms with van der Waals surface area (Å²) in [7, 11) is 0. The topological polar surface area (TPSA) is 84.2 Å². The highest BCUT2D eigenvalue weighted by Crippen LogP contribution is 2.29. The number of carboxylic acids is 1. The Morgan fingerprint density at radius 3 is 2.42 bits per heavy atom. The second-order valence-corrected chi connectivity index (χ2v) is 5.79. The van der Waals surface area contributed by atoms with Gasteiger partial charge in [-0.25, -0.2) is 0 Å². The first-order chi connectivity index (χ1) is 12.2. The highest BCUT2D eigenvalue weighted by Gasteiger charge is 2.30. The molecule has 1 amide bonds. The number of nitrogens with one attached hydrogen (secondary N) is 1. The van der Waals surface area contributed by atoms with Crippen LogP contribution in [0.4, 0.5) is 19.0 Å². The van der Waals surface area contributed by atoms with Crippen molar-refractivity contribution in [2.24, 2.45) is 5.92 Å². The van der Waals surface area contributed by atoms with Crippen molar-refractivity contribution in [3.05, 3.63) is 47.7 Å². The van der Waals surface area contributed by atoms with E-state index in [1.807, 2.05) is 0 Å². The molecule has 0 bridgehead atoms. The summed E-state index contributed by atoms with van der Waals surface area (Å²) in [5.41, 5.74) is -0.112. The first kappa shape index (κ1) is 19.5. The van der Waals surface area contributed by atoms with E-state index in [4.69, 9.17) is 5.11 Å². The lowest BCUT2D eigenvalue weighted by Gasteiger charge is -2.15. The van der Waals surface area contributed by atoms with Crippen LogP contribution in [0.25, 0.3) is 0 Å². The molecule has 0 saturated carbocycles. The van der Waals surface area contributed by atoms with Gasteiger partial charge in [0.15, 0.2) is 5.82 Å². The first-order valence-electron chi connectivity index (χ1n) is 7.91. The van der Waals surface area contributed by atoms with Crippen molar-refractivity contribution in [1.82, 2.24) is 9.78 Å². The van der Waals surface area contributed by atoms with Crippen LogP contribution in [0, 0.1) is 5.92 Å². The summed E-state index contributed by atoms with van der Waals surface area (Å²) in [6, 6.07) is 6.19. The number of rotatable bonds is 7. The van der Waals surface area contributed by atoms with Crippen LogP contribution in [0.2, 0.25) is 0 Å². The standard InChI is InChI=1S/C17H18F3N3O3/c1-2-12(9-11-3-5-13(6-4-11)17(18,19)20)16(26)21-14-7-8-23(22-14)10-15(24)25/h3-8,12H,2,9-10H2,1H3,(H,24,25)(H,21,22,26). The first-order valence-corrected chi connectivity index (χ1v) is 7.91. The minimum atomic E-state index is -4.39. The fraction of sp³-hybridized carbons (Fsp3) is 0.353. The second-order valence-electron chi connectivity index (χ2n) is 5.79. The zero-order chi connectivity index (χ0) is 19.3. The van der Waals surface area contributed by atoms with Gasteiger partial charge in [0, 0.05) is 18.2 Å². The monoisotopic (exact) mass is 369 g/mol. The molecule has 26 heavy (non-hydrogen) atoms. The van der Waals surface area contributed by atoms with Gasteiger partial charge in [0.25, 0.3) is 0 Å². The molecule has 1 heterocycles. The van der Waals surface area contributed by atoms with E-state index in [0.717, 1.165) is 12.1 Å². The third-order valence-electron chi connectivity index (χ3n) is 3.82. The number of alkyl halides is 3. The normalized spacial score (nSPS) is 12.6. The SMILES string of the molecule is CCC(Cc1ccc(C(F)(F)F)cc1)C(=O)Nc1ccn(CC(=O)O)n1. The molecule has 0 spiro atoms. The molecule has 1 aromatic heterocycles. The van der Waals surface area contributed by atoms with Gasteiger partial charge < -0.3 is 10.4 Å². The Hall–Kier alpha value is -2.84. The average molecular weight is 369 g/mol. The van der Waals surface area contributed by atoms with E-state index >= 15 is 0 Å². The zero-order valence-corrected chi connectivity index (χ0v) is 14.0. The van der Waals surface area contributed by atoms with Gasteiger partial charge in [-0.3, -0.25) is 14.3 Å². The Bertz CT molecular complexity index is 770. The Kier molecular flexibility index (Phi) is 6.01.